The van der Waals surface area contributed by atoms with E-state index in [2.05, 4.69) is 26.2 Å². The highest BCUT2D eigenvalue weighted by molar-refractivity contribution is 9.10. The largest absolute Gasteiger partial charge is 0.325 e. The number of carbonyl (C=O) groups is 1. The van der Waals surface area contributed by atoms with Crippen LogP contribution in [0.25, 0.3) is 10.9 Å². The second-order valence-electron chi connectivity index (χ2n) is 6.62. The van der Waals surface area contributed by atoms with E-state index in [-0.39, 0.29) is 11.5 Å². The third kappa shape index (κ3) is 4.15. The van der Waals surface area contributed by atoms with Crippen molar-refractivity contribution in [1.82, 2.24) is 9.55 Å². The van der Waals surface area contributed by atoms with Crippen LogP contribution in [0.2, 0.25) is 0 Å². The molecule has 5 nitrogen and oxygen atoms in total. The Hall–Kier alpha value is -2.12. The van der Waals surface area contributed by atoms with Crippen LogP contribution in [-0.2, 0) is 11.3 Å². The maximum absolute atomic E-state index is 12.9. The first-order valence-corrected chi connectivity index (χ1v) is 10.7. The molecule has 1 amide bonds. The first-order chi connectivity index (χ1) is 13.3. The fourth-order valence-corrected chi connectivity index (χ4v) is 4.32. The number of hydrogen-bond donors (Lipinski definition) is 1. The third-order valence-corrected chi connectivity index (χ3v) is 6.16. The predicted molar refractivity (Wildman–Crippen MR) is 119 cm³/mol. The number of anilines is 1. The van der Waals surface area contributed by atoms with Gasteiger partial charge in [-0.3, -0.25) is 14.2 Å². The van der Waals surface area contributed by atoms with Gasteiger partial charge >= 0.3 is 0 Å². The first kappa shape index (κ1) is 20.6. The number of thioether (sulfide) groups is 1. The molecule has 146 valence electrons. The number of nitrogens with one attached hydrogen (secondary N) is 1. The average Bonchev–Trinajstić information content (AvgIpc) is 2.65. The predicted octanol–water partition coefficient (Wildman–Crippen LogP) is 4.92. The summed E-state index contributed by atoms with van der Waals surface area (Å²) < 4.78 is 2.45. The summed E-state index contributed by atoms with van der Waals surface area (Å²) in [5, 5.41) is 3.72. The van der Waals surface area contributed by atoms with E-state index in [1.807, 2.05) is 58.0 Å². The Labute approximate surface area is 176 Å². The number of nitrogens with zero attached hydrogens (tertiary/aromatic N) is 2. The summed E-state index contributed by atoms with van der Waals surface area (Å²) in [4.78, 5) is 30.3. The van der Waals surface area contributed by atoms with Gasteiger partial charge in [-0.2, -0.15) is 0 Å². The Balaban J connectivity index is 1.90. The molecule has 0 fully saturated rings. The van der Waals surface area contributed by atoms with E-state index in [4.69, 9.17) is 0 Å². The summed E-state index contributed by atoms with van der Waals surface area (Å²) >= 11 is 4.70. The van der Waals surface area contributed by atoms with Crippen LogP contribution in [0, 0.1) is 13.8 Å². The van der Waals surface area contributed by atoms with Crippen LogP contribution >= 0.6 is 27.7 Å². The van der Waals surface area contributed by atoms with Crippen molar-refractivity contribution in [3.8, 4) is 0 Å². The van der Waals surface area contributed by atoms with Gasteiger partial charge in [0.25, 0.3) is 5.56 Å². The Morgan fingerprint density at radius 1 is 1.25 bits per heavy atom. The highest BCUT2D eigenvalue weighted by Gasteiger charge is 2.20. The van der Waals surface area contributed by atoms with E-state index in [0.29, 0.717) is 22.6 Å². The number of para-hydroxylation sites is 1. The van der Waals surface area contributed by atoms with Gasteiger partial charge in [-0.05, 0) is 57.0 Å². The molecule has 1 aromatic heterocycles. The Bertz CT molecular complexity index is 1090. The molecular weight excluding hydrogens is 438 g/mol. The molecule has 28 heavy (non-hydrogen) atoms. The summed E-state index contributed by atoms with van der Waals surface area (Å²) in [6.07, 6.45) is 0. The monoisotopic (exact) mass is 459 g/mol. The molecule has 0 aliphatic carbocycles. The van der Waals surface area contributed by atoms with Crippen molar-refractivity contribution >= 4 is 50.2 Å². The number of halogens is 1. The number of hydrogen-bond acceptors (Lipinski definition) is 4. The minimum absolute atomic E-state index is 0.0985. The van der Waals surface area contributed by atoms with Gasteiger partial charge in [0, 0.05) is 16.7 Å². The molecule has 7 heteroatoms. The normalized spacial score (nSPS) is 12.2. The summed E-state index contributed by atoms with van der Waals surface area (Å²) in [7, 11) is 0. The van der Waals surface area contributed by atoms with Crippen LogP contribution < -0.4 is 10.9 Å². The molecule has 0 saturated heterocycles. The van der Waals surface area contributed by atoms with Gasteiger partial charge in [-0.15, -0.1) is 0 Å². The maximum Gasteiger partial charge on any atom is 0.262 e. The molecule has 1 atom stereocenters. The van der Waals surface area contributed by atoms with Gasteiger partial charge < -0.3 is 5.32 Å². The maximum atomic E-state index is 12.9. The van der Waals surface area contributed by atoms with Crippen molar-refractivity contribution in [3.05, 3.63) is 62.4 Å². The van der Waals surface area contributed by atoms with E-state index in [9.17, 15) is 9.59 Å². The lowest BCUT2D eigenvalue weighted by molar-refractivity contribution is -0.115. The lowest BCUT2D eigenvalue weighted by atomic mass is 10.1. The van der Waals surface area contributed by atoms with Gasteiger partial charge in [0.2, 0.25) is 5.91 Å². The van der Waals surface area contributed by atoms with Gasteiger partial charge in [0.05, 0.1) is 16.2 Å². The number of aryl methyl sites for hydroxylation is 2. The zero-order valence-corrected chi connectivity index (χ0v) is 18.6. The van der Waals surface area contributed by atoms with E-state index in [1.165, 1.54) is 11.8 Å². The van der Waals surface area contributed by atoms with Crippen molar-refractivity contribution < 1.29 is 4.79 Å². The summed E-state index contributed by atoms with van der Waals surface area (Å²) in [6, 6.07) is 11.4. The standard InChI is InChI=1S/C21H22BrN3O2S/c1-5-25-20(27)16-11-15(22)9-10-17(16)23-21(25)28-14(4)19(26)24-18-12(2)7-6-8-13(18)3/h6-11,14H,5H2,1-4H3,(H,24,26). The fraction of sp³-hybridized carbons (Fsp3) is 0.286. The van der Waals surface area contributed by atoms with Crippen LogP contribution in [-0.4, -0.2) is 20.7 Å². The smallest absolute Gasteiger partial charge is 0.262 e. The number of amides is 1. The Morgan fingerprint density at radius 3 is 2.57 bits per heavy atom. The van der Waals surface area contributed by atoms with Crippen molar-refractivity contribution in [2.24, 2.45) is 0 Å². The first-order valence-electron chi connectivity index (χ1n) is 9.05. The molecule has 0 aliphatic heterocycles. The van der Waals surface area contributed by atoms with E-state index in [1.54, 1.807) is 10.6 Å². The molecular formula is C21H22BrN3O2S. The third-order valence-electron chi connectivity index (χ3n) is 4.58. The van der Waals surface area contributed by atoms with Crippen molar-refractivity contribution in [3.63, 3.8) is 0 Å². The summed E-state index contributed by atoms with van der Waals surface area (Å²) in [5.74, 6) is -0.116. The Kier molecular flexibility index (Phi) is 6.25. The second kappa shape index (κ2) is 8.49. The molecule has 0 spiro atoms. The molecule has 2 aromatic carbocycles. The Morgan fingerprint density at radius 2 is 1.93 bits per heavy atom. The molecule has 1 heterocycles. The highest BCUT2D eigenvalue weighted by atomic mass is 79.9. The van der Waals surface area contributed by atoms with Crippen molar-refractivity contribution in [2.45, 2.75) is 44.6 Å². The van der Waals surface area contributed by atoms with Crippen molar-refractivity contribution in [1.29, 1.82) is 0 Å². The lowest BCUT2D eigenvalue weighted by Crippen LogP contribution is -2.27. The minimum atomic E-state index is -0.406. The van der Waals surface area contributed by atoms with Gasteiger partial charge in [-0.1, -0.05) is 45.9 Å². The van der Waals surface area contributed by atoms with E-state index >= 15 is 0 Å². The highest BCUT2D eigenvalue weighted by Crippen LogP contribution is 2.26. The van der Waals surface area contributed by atoms with Gasteiger partial charge in [0.1, 0.15) is 0 Å². The molecule has 1 N–H and O–H groups in total. The second-order valence-corrected chi connectivity index (χ2v) is 8.85. The van der Waals surface area contributed by atoms with Crippen LogP contribution in [0.4, 0.5) is 5.69 Å². The molecule has 3 aromatic rings. The van der Waals surface area contributed by atoms with Crippen molar-refractivity contribution in [2.75, 3.05) is 5.32 Å². The van der Waals surface area contributed by atoms with Crippen LogP contribution in [0.1, 0.15) is 25.0 Å². The van der Waals surface area contributed by atoms with E-state index < -0.39 is 5.25 Å². The molecule has 0 aliphatic rings. The van der Waals surface area contributed by atoms with E-state index in [0.717, 1.165) is 21.3 Å². The minimum Gasteiger partial charge on any atom is -0.325 e. The molecule has 3 rings (SSSR count). The number of aromatic nitrogens is 2. The van der Waals surface area contributed by atoms with Gasteiger partial charge in [-0.25, -0.2) is 4.98 Å². The number of carbonyl (C=O) groups excluding carboxylic acids is 1. The SMILES string of the molecule is CCn1c(SC(C)C(=O)Nc2c(C)cccc2C)nc2ccc(Br)cc2c1=O. The van der Waals surface area contributed by atoms with Gasteiger partial charge in [0.15, 0.2) is 5.16 Å². The summed E-state index contributed by atoms with van der Waals surface area (Å²) in [6.45, 7) is 8.15. The van der Waals surface area contributed by atoms with Crippen LogP contribution in [0.3, 0.4) is 0 Å². The fourth-order valence-electron chi connectivity index (χ4n) is 2.99. The molecule has 0 radical (unpaired) electrons. The topological polar surface area (TPSA) is 64.0 Å². The zero-order valence-electron chi connectivity index (χ0n) is 16.2. The quantitative estimate of drug-likeness (QED) is 0.434. The average molecular weight is 460 g/mol. The lowest BCUT2D eigenvalue weighted by Gasteiger charge is -2.17. The molecule has 0 saturated carbocycles. The number of benzene rings is 2. The zero-order chi connectivity index (χ0) is 20.4. The number of fused-ring (bicyclic) bond motifs is 1. The van der Waals surface area contributed by atoms with Crippen LogP contribution in [0.15, 0.2) is 50.8 Å². The summed E-state index contributed by atoms with van der Waals surface area (Å²) in [5.41, 5.74) is 3.40. The molecule has 1 unspecified atom stereocenters. The number of rotatable bonds is 5. The molecule has 0 bridgehead atoms. The van der Waals surface area contributed by atoms with Crippen LogP contribution in [0.5, 0.6) is 0 Å².